The van der Waals surface area contributed by atoms with Crippen molar-refractivity contribution in [1.29, 1.82) is 0 Å². The summed E-state index contributed by atoms with van der Waals surface area (Å²) in [6.07, 6.45) is 2.52. The van der Waals surface area contributed by atoms with Gasteiger partial charge in [-0.05, 0) is 39.0 Å². The second-order valence-corrected chi connectivity index (χ2v) is 4.52. The summed E-state index contributed by atoms with van der Waals surface area (Å²) < 4.78 is 4.94. The van der Waals surface area contributed by atoms with E-state index in [9.17, 15) is 4.79 Å². The average Bonchev–Trinajstić information content (AvgIpc) is 2.85. The smallest absolute Gasteiger partial charge is 0.322 e. The summed E-state index contributed by atoms with van der Waals surface area (Å²) in [6, 6.07) is 0.198. The van der Waals surface area contributed by atoms with Crippen molar-refractivity contribution >= 4 is 5.97 Å². The molecule has 0 bridgehead atoms. The van der Waals surface area contributed by atoms with Crippen LogP contribution in [0.4, 0.5) is 0 Å². The fourth-order valence-corrected chi connectivity index (χ4v) is 1.54. The van der Waals surface area contributed by atoms with Crippen LogP contribution in [0.15, 0.2) is 0 Å². The minimum atomic E-state index is -0.192. The Morgan fingerprint density at radius 3 is 2.50 bits per heavy atom. The second kappa shape index (κ2) is 4.30. The molecule has 1 fully saturated rings. The van der Waals surface area contributed by atoms with E-state index in [1.165, 1.54) is 12.8 Å². The first-order chi connectivity index (χ1) is 6.49. The van der Waals surface area contributed by atoms with Gasteiger partial charge in [-0.2, -0.15) is 0 Å². The molecule has 0 saturated heterocycles. The standard InChI is InChI=1S/C11H21NO2/c1-5-14-10(13)8(2)12-9(3)11(4)6-7-11/h8-9,12H,5-7H2,1-4H3. The molecule has 0 aromatic carbocycles. The van der Waals surface area contributed by atoms with Crippen molar-refractivity contribution in [3.05, 3.63) is 0 Å². The van der Waals surface area contributed by atoms with E-state index in [1.807, 2.05) is 13.8 Å². The lowest BCUT2D eigenvalue weighted by Gasteiger charge is -2.23. The van der Waals surface area contributed by atoms with E-state index in [0.717, 1.165) is 0 Å². The molecule has 1 rings (SSSR count). The lowest BCUT2D eigenvalue weighted by atomic mass is 10.0. The molecule has 3 heteroatoms. The third kappa shape index (κ3) is 2.71. The summed E-state index contributed by atoms with van der Waals surface area (Å²) in [5.41, 5.74) is 0.404. The van der Waals surface area contributed by atoms with Gasteiger partial charge in [0.05, 0.1) is 6.61 Å². The lowest BCUT2D eigenvalue weighted by molar-refractivity contribution is -0.145. The van der Waals surface area contributed by atoms with Gasteiger partial charge < -0.3 is 10.1 Å². The highest BCUT2D eigenvalue weighted by molar-refractivity contribution is 5.75. The van der Waals surface area contributed by atoms with E-state index >= 15 is 0 Å². The predicted octanol–water partition coefficient (Wildman–Crippen LogP) is 1.72. The molecule has 2 unspecified atom stereocenters. The Labute approximate surface area is 86.2 Å². The first-order valence-electron chi connectivity index (χ1n) is 5.42. The predicted molar refractivity (Wildman–Crippen MR) is 56.0 cm³/mol. The van der Waals surface area contributed by atoms with Crippen LogP contribution in [-0.4, -0.2) is 24.7 Å². The number of ether oxygens (including phenoxy) is 1. The Morgan fingerprint density at radius 1 is 1.50 bits per heavy atom. The quantitative estimate of drug-likeness (QED) is 0.685. The number of esters is 1. The zero-order chi connectivity index (χ0) is 10.8. The van der Waals surface area contributed by atoms with Crippen molar-refractivity contribution in [1.82, 2.24) is 5.32 Å². The fourth-order valence-electron chi connectivity index (χ4n) is 1.54. The van der Waals surface area contributed by atoms with Gasteiger partial charge in [0.15, 0.2) is 0 Å². The molecule has 1 aliphatic carbocycles. The molecule has 82 valence electrons. The van der Waals surface area contributed by atoms with Gasteiger partial charge in [-0.3, -0.25) is 4.79 Å². The Kier molecular flexibility index (Phi) is 3.53. The molecule has 0 heterocycles. The molecule has 0 aliphatic heterocycles. The largest absolute Gasteiger partial charge is 0.465 e. The van der Waals surface area contributed by atoms with Crippen molar-refractivity contribution < 1.29 is 9.53 Å². The first kappa shape index (κ1) is 11.5. The van der Waals surface area contributed by atoms with Gasteiger partial charge in [0.25, 0.3) is 0 Å². The van der Waals surface area contributed by atoms with Gasteiger partial charge in [0.1, 0.15) is 6.04 Å². The van der Waals surface area contributed by atoms with Crippen molar-refractivity contribution in [2.24, 2.45) is 5.41 Å². The second-order valence-electron chi connectivity index (χ2n) is 4.52. The molecule has 0 aromatic heterocycles. The van der Waals surface area contributed by atoms with Gasteiger partial charge in [-0.15, -0.1) is 0 Å². The van der Waals surface area contributed by atoms with E-state index in [2.05, 4.69) is 19.2 Å². The highest BCUT2D eigenvalue weighted by atomic mass is 16.5. The third-order valence-corrected chi connectivity index (χ3v) is 3.22. The van der Waals surface area contributed by atoms with E-state index in [4.69, 9.17) is 4.74 Å². The molecule has 0 radical (unpaired) electrons. The van der Waals surface area contributed by atoms with E-state index in [1.54, 1.807) is 0 Å². The van der Waals surface area contributed by atoms with Crippen molar-refractivity contribution in [3.8, 4) is 0 Å². The van der Waals surface area contributed by atoms with Crippen LogP contribution in [0.1, 0.15) is 40.5 Å². The molecule has 0 aromatic rings. The first-order valence-corrected chi connectivity index (χ1v) is 5.42. The number of carbonyl (C=O) groups excluding carboxylic acids is 1. The van der Waals surface area contributed by atoms with Crippen LogP contribution in [0, 0.1) is 5.41 Å². The van der Waals surface area contributed by atoms with Crippen LogP contribution >= 0.6 is 0 Å². The topological polar surface area (TPSA) is 38.3 Å². The number of rotatable bonds is 5. The van der Waals surface area contributed by atoms with Crippen molar-refractivity contribution in [2.45, 2.75) is 52.6 Å². The summed E-state index contributed by atoms with van der Waals surface area (Å²) >= 11 is 0. The fraction of sp³-hybridized carbons (Fsp3) is 0.909. The van der Waals surface area contributed by atoms with Crippen LogP contribution in [-0.2, 0) is 9.53 Å². The lowest BCUT2D eigenvalue weighted by Crippen LogP contribution is -2.44. The molecule has 1 N–H and O–H groups in total. The Balaban J connectivity index is 2.32. The molecule has 2 atom stereocenters. The number of hydrogen-bond donors (Lipinski definition) is 1. The van der Waals surface area contributed by atoms with Crippen molar-refractivity contribution in [3.63, 3.8) is 0 Å². The van der Waals surface area contributed by atoms with Crippen LogP contribution in [0.5, 0.6) is 0 Å². The average molecular weight is 199 g/mol. The van der Waals surface area contributed by atoms with Crippen LogP contribution < -0.4 is 5.32 Å². The summed E-state index contributed by atoms with van der Waals surface area (Å²) in [5, 5.41) is 3.29. The molecular weight excluding hydrogens is 178 g/mol. The maximum absolute atomic E-state index is 11.3. The van der Waals surface area contributed by atoms with Crippen LogP contribution in [0.25, 0.3) is 0 Å². The highest BCUT2D eigenvalue weighted by Crippen LogP contribution is 2.48. The summed E-state index contributed by atoms with van der Waals surface area (Å²) in [4.78, 5) is 11.3. The molecule has 1 saturated carbocycles. The van der Waals surface area contributed by atoms with E-state index in [0.29, 0.717) is 18.1 Å². The Bertz CT molecular complexity index is 211. The Morgan fingerprint density at radius 2 is 2.07 bits per heavy atom. The van der Waals surface area contributed by atoms with Gasteiger partial charge in [0.2, 0.25) is 0 Å². The monoisotopic (exact) mass is 199 g/mol. The van der Waals surface area contributed by atoms with Gasteiger partial charge in [0, 0.05) is 6.04 Å². The number of hydrogen-bond acceptors (Lipinski definition) is 3. The summed E-state index contributed by atoms with van der Waals surface area (Å²) in [6.45, 7) is 8.54. The molecule has 0 amide bonds. The number of nitrogens with one attached hydrogen (secondary N) is 1. The van der Waals surface area contributed by atoms with Gasteiger partial charge >= 0.3 is 5.97 Å². The minimum absolute atomic E-state index is 0.149. The highest BCUT2D eigenvalue weighted by Gasteiger charge is 2.43. The van der Waals surface area contributed by atoms with Gasteiger partial charge in [-0.1, -0.05) is 6.92 Å². The normalized spacial score (nSPS) is 22.6. The van der Waals surface area contributed by atoms with Crippen LogP contribution in [0.3, 0.4) is 0 Å². The molecule has 0 spiro atoms. The maximum Gasteiger partial charge on any atom is 0.322 e. The van der Waals surface area contributed by atoms with E-state index in [-0.39, 0.29) is 12.0 Å². The summed E-state index contributed by atoms with van der Waals surface area (Å²) in [7, 11) is 0. The zero-order valence-electron chi connectivity index (χ0n) is 9.59. The third-order valence-electron chi connectivity index (χ3n) is 3.22. The molecular formula is C11H21NO2. The zero-order valence-corrected chi connectivity index (χ0v) is 9.59. The summed E-state index contributed by atoms with van der Waals surface area (Å²) in [5.74, 6) is -0.149. The molecule has 14 heavy (non-hydrogen) atoms. The Hall–Kier alpha value is -0.570. The molecule has 3 nitrogen and oxygen atoms in total. The maximum atomic E-state index is 11.3. The van der Waals surface area contributed by atoms with Crippen LogP contribution in [0.2, 0.25) is 0 Å². The van der Waals surface area contributed by atoms with Crippen molar-refractivity contribution in [2.75, 3.05) is 6.61 Å². The van der Waals surface area contributed by atoms with Gasteiger partial charge in [-0.25, -0.2) is 0 Å². The molecule has 1 aliphatic rings. The van der Waals surface area contributed by atoms with E-state index < -0.39 is 0 Å². The number of carbonyl (C=O) groups is 1. The minimum Gasteiger partial charge on any atom is -0.465 e. The SMILES string of the molecule is CCOC(=O)C(C)NC(C)C1(C)CC1.